The summed E-state index contributed by atoms with van der Waals surface area (Å²) in [6, 6.07) is 12.2. The number of phenols is 1. The van der Waals surface area contributed by atoms with Crippen molar-refractivity contribution < 1.29 is 14.6 Å². The van der Waals surface area contributed by atoms with Crippen molar-refractivity contribution in [3.63, 3.8) is 0 Å². The number of phenolic OH excluding ortho intramolecular Hbond substituents is 1. The molecule has 3 N–H and O–H groups in total. The Morgan fingerprint density at radius 1 is 1.11 bits per heavy atom. The number of para-hydroxylation sites is 1. The van der Waals surface area contributed by atoms with Gasteiger partial charge in [-0.1, -0.05) is 18.2 Å². The van der Waals surface area contributed by atoms with Gasteiger partial charge < -0.3 is 14.8 Å². The predicted molar refractivity (Wildman–Crippen MR) is 105 cm³/mol. The molecule has 7 nitrogen and oxygen atoms in total. The number of carbonyl (C=O) groups is 1. The van der Waals surface area contributed by atoms with Gasteiger partial charge >= 0.3 is 11.5 Å². The number of aryl methyl sites for hydroxylation is 2. The van der Waals surface area contributed by atoms with Crippen molar-refractivity contribution in [2.75, 3.05) is 0 Å². The monoisotopic (exact) mass is 375 g/mol. The minimum Gasteiger partial charge on any atom is -0.507 e. The number of H-pyrrole nitrogens is 2. The number of hydrogen-bond acceptors (Lipinski definition) is 5. The van der Waals surface area contributed by atoms with E-state index in [2.05, 4.69) is 15.2 Å². The quantitative estimate of drug-likeness (QED) is 0.475. The maximum Gasteiger partial charge on any atom is 0.345 e. The number of benzene rings is 2. The summed E-state index contributed by atoms with van der Waals surface area (Å²) in [5, 5.41) is 17.0. The van der Waals surface area contributed by atoms with Crippen LogP contribution >= 0.6 is 0 Å². The molecule has 0 aliphatic rings. The third-order valence-corrected chi connectivity index (χ3v) is 4.57. The van der Waals surface area contributed by atoms with E-state index in [0.717, 1.165) is 5.52 Å². The summed E-state index contributed by atoms with van der Waals surface area (Å²) in [6.45, 7) is 3.55. The number of nitrogens with zero attached hydrogens (tertiary/aromatic N) is 1. The smallest absolute Gasteiger partial charge is 0.345 e. The van der Waals surface area contributed by atoms with E-state index >= 15 is 0 Å². The Kier molecular flexibility index (Phi) is 4.19. The molecule has 4 rings (SSSR count). The van der Waals surface area contributed by atoms with Crippen molar-refractivity contribution in [3.8, 4) is 22.8 Å². The van der Waals surface area contributed by atoms with Crippen molar-refractivity contribution in [1.29, 1.82) is 0 Å². The minimum absolute atomic E-state index is 0.149. The van der Waals surface area contributed by atoms with Crippen LogP contribution in [0.1, 0.15) is 21.5 Å². The highest BCUT2D eigenvalue weighted by atomic mass is 16.5. The number of carbonyl (C=O) groups excluding carboxylic acids is 1. The Hall–Kier alpha value is -3.87. The number of nitrogens with one attached hydrogen (secondary N) is 2. The second kappa shape index (κ2) is 6.70. The van der Waals surface area contributed by atoms with Crippen LogP contribution in [0, 0.1) is 13.8 Å². The lowest BCUT2D eigenvalue weighted by Gasteiger charge is -2.08. The van der Waals surface area contributed by atoms with E-state index < -0.39 is 11.5 Å². The minimum atomic E-state index is -0.641. The fourth-order valence-corrected chi connectivity index (χ4v) is 3.11. The molecule has 140 valence electrons. The zero-order valence-corrected chi connectivity index (χ0v) is 15.2. The molecule has 0 bridgehead atoms. The van der Waals surface area contributed by atoms with E-state index in [0.29, 0.717) is 33.3 Å². The van der Waals surface area contributed by atoms with Gasteiger partial charge in [0.1, 0.15) is 5.75 Å². The van der Waals surface area contributed by atoms with Gasteiger partial charge in [-0.25, -0.2) is 9.89 Å². The molecule has 0 saturated carbocycles. The molecule has 7 heteroatoms. The van der Waals surface area contributed by atoms with E-state index in [1.807, 2.05) is 18.2 Å². The molecule has 4 aromatic rings. The molecule has 0 atom stereocenters. The van der Waals surface area contributed by atoms with Crippen LogP contribution in [0.2, 0.25) is 0 Å². The van der Waals surface area contributed by atoms with E-state index in [4.69, 9.17) is 4.74 Å². The average molecular weight is 375 g/mol. The van der Waals surface area contributed by atoms with Crippen LogP contribution in [0.25, 0.3) is 22.2 Å². The molecule has 2 heterocycles. The number of hydrogen-bond donors (Lipinski definition) is 3. The second-order valence-corrected chi connectivity index (χ2v) is 6.54. The zero-order chi connectivity index (χ0) is 19.8. The first-order chi connectivity index (χ1) is 13.4. The summed E-state index contributed by atoms with van der Waals surface area (Å²) >= 11 is 0. The summed E-state index contributed by atoms with van der Waals surface area (Å²) in [5.74, 6) is -0.582. The highest BCUT2D eigenvalue weighted by Gasteiger charge is 2.17. The molecule has 0 aliphatic heterocycles. The largest absolute Gasteiger partial charge is 0.507 e. The fraction of sp³-hybridized carbons (Fsp3) is 0.0952. The van der Waals surface area contributed by atoms with E-state index in [1.54, 1.807) is 38.2 Å². The Balaban J connectivity index is 1.70. The van der Waals surface area contributed by atoms with Crippen molar-refractivity contribution in [3.05, 3.63) is 75.7 Å². The van der Waals surface area contributed by atoms with Crippen LogP contribution in [-0.4, -0.2) is 26.3 Å². The molecular weight excluding hydrogens is 358 g/mol. The van der Waals surface area contributed by atoms with Gasteiger partial charge in [0.15, 0.2) is 5.75 Å². The average Bonchev–Trinajstić information content (AvgIpc) is 3.11. The van der Waals surface area contributed by atoms with Gasteiger partial charge in [-0.05, 0) is 43.2 Å². The number of ether oxygens (including phenoxy) is 1. The van der Waals surface area contributed by atoms with Crippen molar-refractivity contribution in [1.82, 2.24) is 15.2 Å². The highest BCUT2D eigenvalue weighted by Crippen LogP contribution is 2.29. The number of aromatic hydroxyl groups is 1. The van der Waals surface area contributed by atoms with Crippen LogP contribution in [-0.2, 0) is 0 Å². The Labute approximate surface area is 159 Å². The molecule has 0 aliphatic carbocycles. The van der Waals surface area contributed by atoms with Crippen LogP contribution in [0.5, 0.6) is 11.5 Å². The van der Waals surface area contributed by atoms with Crippen molar-refractivity contribution in [2.45, 2.75) is 13.8 Å². The zero-order valence-electron chi connectivity index (χ0n) is 15.2. The highest BCUT2D eigenvalue weighted by molar-refractivity contribution is 6.04. The first-order valence-corrected chi connectivity index (χ1v) is 8.62. The predicted octanol–water partition coefficient (Wildman–Crippen LogP) is 3.46. The lowest BCUT2D eigenvalue weighted by molar-refractivity contribution is 0.0734. The molecule has 2 aromatic heterocycles. The first-order valence-electron chi connectivity index (χ1n) is 8.62. The van der Waals surface area contributed by atoms with E-state index in [9.17, 15) is 14.7 Å². The lowest BCUT2D eigenvalue weighted by atomic mass is 10.0. The van der Waals surface area contributed by atoms with Gasteiger partial charge in [0.25, 0.3) is 0 Å². The van der Waals surface area contributed by atoms with Crippen LogP contribution in [0.3, 0.4) is 0 Å². The summed E-state index contributed by atoms with van der Waals surface area (Å²) < 4.78 is 5.35. The summed E-state index contributed by atoms with van der Waals surface area (Å²) in [5.41, 5.74) is 3.00. The summed E-state index contributed by atoms with van der Waals surface area (Å²) in [7, 11) is 0. The third-order valence-electron chi connectivity index (χ3n) is 4.57. The number of rotatable bonds is 3. The van der Waals surface area contributed by atoms with E-state index in [-0.39, 0.29) is 11.5 Å². The maximum absolute atomic E-state index is 12.6. The molecule has 28 heavy (non-hydrogen) atoms. The molecule has 0 radical (unpaired) electrons. The Bertz CT molecular complexity index is 1250. The SMILES string of the molecule is Cc1cc(-c2cc(OC(=O)c3c[nH]c4ccccc34)c(=O)[nH]n2)cc(C)c1O. The molecule has 0 fully saturated rings. The summed E-state index contributed by atoms with van der Waals surface area (Å²) in [4.78, 5) is 27.7. The Morgan fingerprint density at radius 2 is 1.82 bits per heavy atom. The third kappa shape index (κ3) is 3.03. The van der Waals surface area contributed by atoms with Crippen molar-refractivity contribution in [2.24, 2.45) is 0 Å². The molecule has 0 saturated heterocycles. The maximum atomic E-state index is 12.6. The summed E-state index contributed by atoms with van der Waals surface area (Å²) in [6.07, 6.45) is 1.55. The Morgan fingerprint density at radius 3 is 2.57 bits per heavy atom. The number of esters is 1. The molecule has 0 amide bonds. The van der Waals surface area contributed by atoms with Gasteiger partial charge in [-0.2, -0.15) is 5.10 Å². The van der Waals surface area contributed by atoms with Crippen molar-refractivity contribution >= 4 is 16.9 Å². The standard InChI is InChI=1S/C21H17N3O4/c1-11-7-13(8-12(2)19(11)25)17-9-18(20(26)24-23-17)28-21(27)15-10-22-16-6-4-3-5-14(15)16/h3-10,22,25H,1-2H3,(H,24,26). The van der Waals surface area contributed by atoms with Gasteiger partial charge in [-0.15, -0.1) is 0 Å². The molecule has 2 aromatic carbocycles. The van der Waals surface area contributed by atoms with Gasteiger partial charge in [-0.3, -0.25) is 4.79 Å². The van der Waals surface area contributed by atoms with Crippen LogP contribution in [0.15, 0.2) is 53.5 Å². The van der Waals surface area contributed by atoms with Gasteiger partial charge in [0.2, 0.25) is 0 Å². The van der Waals surface area contributed by atoms with Crippen LogP contribution in [0.4, 0.5) is 0 Å². The number of aromatic nitrogens is 3. The van der Waals surface area contributed by atoms with Gasteiger partial charge in [0, 0.05) is 28.7 Å². The molecule has 0 spiro atoms. The van der Waals surface area contributed by atoms with Crippen LogP contribution < -0.4 is 10.3 Å². The normalized spacial score (nSPS) is 10.9. The molecular formula is C21H17N3O4. The lowest BCUT2D eigenvalue weighted by Crippen LogP contribution is -2.17. The second-order valence-electron chi connectivity index (χ2n) is 6.54. The topological polar surface area (TPSA) is 108 Å². The number of fused-ring (bicyclic) bond motifs is 1. The first kappa shape index (κ1) is 17.5. The molecule has 0 unspecified atom stereocenters. The van der Waals surface area contributed by atoms with E-state index in [1.165, 1.54) is 6.07 Å². The van der Waals surface area contributed by atoms with Gasteiger partial charge in [0.05, 0.1) is 11.3 Å². The fourth-order valence-electron chi connectivity index (χ4n) is 3.11. The number of aromatic amines is 2.